The molecule has 0 spiro atoms. The number of benzene rings is 2. The van der Waals surface area contributed by atoms with E-state index in [9.17, 15) is 29.3 Å². The van der Waals surface area contributed by atoms with E-state index >= 15 is 0 Å². The molecule has 2 rings (SSSR count). The minimum absolute atomic E-state index is 0.0990. The number of rotatable bonds is 13. The number of methoxy groups -OCH3 is 1. The molecule has 0 heterocycles. The van der Waals surface area contributed by atoms with Crippen LogP contribution in [0.4, 0.5) is 5.69 Å². The number of hydrogen-bond acceptors (Lipinski definition) is 9. The molecule has 0 bridgehead atoms. The van der Waals surface area contributed by atoms with E-state index in [0.717, 1.165) is 5.56 Å². The minimum atomic E-state index is -1.14. The maximum atomic E-state index is 12.3. The van der Waals surface area contributed by atoms with Crippen molar-refractivity contribution in [2.45, 2.75) is 45.0 Å². The van der Waals surface area contributed by atoms with Gasteiger partial charge in [-0.2, -0.15) is 0 Å². The number of nitro benzene ring substituents is 1. The van der Waals surface area contributed by atoms with Gasteiger partial charge in [0.1, 0.15) is 0 Å². The van der Waals surface area contributed by atoms with E-state index < -0.39 is 35.3 Å². The van der Waals surface area contributed by atoms with E-state index in [4.69, 9.17) is 15.6 Å². The van der Waals surface area contributed by atoms with Gasteiger partial charge < -0.3 is 20.9 Å². The van der Waals surface area contributed by atoms with Crippen molar-refractivity contribution >= 4 is 40.9 Å². The summed E-state index contributed by atoms with van der Waals surface area (Å²) < 4.78 is 4.80. The predicted octanol–water partition coefficient (Wildman–Crippen LogP) is 3.24. The zero-order valence-electron chi connectivity index (χ0n) is 21.7. The van der Waals surface area contributed by atoms with Crippen molar-refractivity contribution in [2.24, 2.45) is 11.7 Å². The lowest BCUT2D eigenvalue weighted by Gasteiger charge is -2.20. The van der Waals surface area contributed by atoms with Crippen LogP contribution in [0.5, 0.6) is 5.75 Å². The van der Waals surface area contributed by atoms with Gasteiger partial charge in [0.2, 0.25) is 5.91 Å². The molecule has 0 aromatic heterocycles. The van der Waals surface area contributed by atoms with Gasteiger partial charge >= 0.3 is 11.7 Å². The molecular weight excluding hydrogens is 514 g/mol. The highest BCUT2D eigenvalue weighted by atomic mass is 32.2. The number of nitrogens with two attached hydrogens (primary N) is 1. The van der Waals surface area contributed by atoms with Crippen molar-refractivity contribution in [3.63, 3.8) is 0 Å². The Morgan fingerprint density at radius 2 is 1.76 bits per heavy atom. The number of aliphatic carboxylic acids is 1. The van der Waals surface area contributed by atoms with Crippen molar-refractivity contribution in [2.75, 3.05) is 12.9 Å². The number of nitrogens with one attached hydrogen (secondary N) is 1. The summed E-state index contributed by atoms with van der Waals surface area (Å²) in [6, 6.07) is 11.9. The Labute approximate surface area is 225 Å². The second-order valence-corrected chi connectivity index (χ2v) is 9.56. The molecule has 12 heteroatoms. The molecule has 2 atom stereocenters. The van der Waals surface area contributed by atoms with E-state index in [-0.39, 0.29) is 34.7 Å². The Kier molecular flexibility index (Phi) is 13.7. The second kappa shape index (κ2) is 16.2. The monoisotopic (exact) mass is 547 g/mol. The van der Waals surface area contributed by atoms with Crippen LogP contribution in [-0.2, 0) is 20.1 Å². The normalized spacial score (nSPS) is 11.9. The maximum Gasteiger partial charge on any atom is 0.310 e. The number of carboxylic acids is 1. The van der Waals surface area contributed by atoms with Crippen LogP contribution in [-0.4, -0.2) is 58.4 Å². The number of carboxylic acid groups (broad SMARTS) is 1. The number of ketones is 2. The van der Waals surface area contributed by atoms with E-state index in [2.05, 4.69) is 5.32 Å². The third-order valence-electron chi connectivity index (χ3n) is 5.24. The Bertz CT molecular complexity index is 1120. The van der Waals surface area contributed by atoms with E-state index in [1.807, 2.05) is 30.3 Å². The third-order valence-corrected chi connectivity index (χ3v) is 6.27. The van der Waals surface area contributed by atoms with Gasteiger partial charge in [-0.1, -0.05) is 44.2 Å². The van der Waals surface area contributed by atoms with Gasteiger partial charge in [0, 0.05) is 17.4 Å². The van der Waals surface area contributed by atoms with Crippen LogP contribution in [0.25, 0.3) is 0 Å². The van der Waals surface area contributed by atoms with Gasteiger partial charge in [0.15, 0.2) is 17.3 Å². The topological polar surface area (TPSA) is 179 Å². The van der Waals surface area contributed by atoms with Crippen LogP contribution in [0.3, 0.4) is 0 Å². The first kappa shape index (κ1) is 32.3. The average Bonchev–Trinajstić information content (AvgIpc) is 2.87. The summed E-state index contributed by atoms with van der Waals surface area (Å²) in [5.74, 6) is -1.34. The van der Waals surface area contributed by atoms with Gasteiger partial charge in [0.25, 0.3) is 0 Å². The van der Waals surface area contributed by atoms with Crippen molar-refractivity contribution in [1.29, 1.82) is 0 Å². The third kappa shape index (κ3) is 11.1. The van der Waals surface area contributed by atoms with Crippen molar-refractivity contribution in [1.82, 2.24) is 5.32 Å². The number of nitro groups is 1. The highest BCUT2D eigenvalue weighted by Crippen LogP contribution is 2.27. The van der Waals surface area contributed by atoms with Crippen LogP contribution >= 0.6 is 11.8 Å². The second-order valence-electron chi connectivity index (χ2n) is 8.57. The van der Waals surface area contributed by atoms with Crippen molar-refractivity contribution in [3.8, 4) is 5.75 Å². The number of Topliss-reactive ketones (excluding diaryl/α,β-unsaturated/α-hetero) is 2. The number of ether oxygens (including phenoxy) is 1. The Morgan fingerprint density at radius 1 is 1.13 bits per heavy atom. The fraction of sp³-hybridized carbons (Fsp3) is 0.385. The molecule has 0 aliphatic rings. The molecule has 0 fully saturated rings. The summed E-state index contributed by atoms with van der Waals surface area (Å²) in [5.41, 5.74) is 7.07. The average molecular weight is 548 g/mol. The number of hydrogen-bond donors (Lipinski definition) is 3. The van der Waals surface area contributed by atoms with Crippen LogP contribution in [0.2, 0.25) is 0 Å². The first-order valence-electron chi connectivity index (χ1n) is 11.6. The largest absolute Gasteiger partial charge is 0.490 e. The SMILES string of the molecule is CC(C)[C@H](N)C(=O)NC(CC(=O)O)C(=O)CSCc1ccccc1.COc1cc(C(C)=O)ccc1[N+](=O)[O-]. The van der Waals surface area contributed by atoms with Crippen LogP contribution in [0, 0.1) is 16.0 Å². The summed E-state index contributed by atoms with van der Waals surface area (Å²) in [6.07, 6.45) is -0.443. The number of carbonyl (C=O) groups excluding carboxylic acids is 3. The predicted molar refractivity (Wildman–Crippen MR) is 144 cm³/mol. The standard InChI is InChI=1S/C17H24N2O4S.C9H9NO4/c1-11(2)16(18)17(23)19-13(8-15(21)22)14(20)10-24-9-12-6-4-3-5-7-12;1-6(11)7-3-4-8(10(12)13)9(5-7)14-2/h3-7,11,13,16H,8-10,18H2,1-2H3,(H,19,23)(H,21,22);3-5H,1-2H3/t13?,16-;/m0./s1. The maximum absolute atomic E-state index is 12.3. The molecule has 4 N–H and O–H groups in total. The van der Waals surface area contributed by atoms with Crippen molar-refractivity contribution in [3.05, 3.63) is 69.8 Å². The highest BCUT2D eigenvalue weighted by Gasteiger charge is 2.26. The number of carbonyl (C=O) groups is 4. The van der Waals surface area contributed by atoms with E-state index in [1.165, 1.54) is 44.0 Å². The van der Waals surface area contributed by atoms with Crippen LogP contribution in [0.15, 0.2) is 48.5 Å². The molecule has 0 aliphatic heterocycles. The Hall–Kier alpha value is -3.77. The van der Waals surface area contributed by atoms with Crippen LogP contribution in [0.1, 0.15) is 43.1 Å². The first-order valence-corrected chi connectivity index (χ1v) is 12.8. The first-order chi connectivity index (χ1) is 17.9. The zero-order chi connectivity index (χ0) is 28.8. The number of nitrogens with zero attached hydrogens (tertiary/aromatic N) is 1. The summed E-state index contributed by atoms with van der Waals surface area (Å²) in [6.45, 7) is 4.96. The quantitative estimate of drug-likeness (QED) is 0.191. The zero-order valence-corrected chi connectivity index (χ0v) is 22.5. The molecule has 0 radical (unpaired) electrons. The van der Waals surface area contributed by atoms with Gasteiger partial charge in [-0.15, -0.1) is 11.8 Å². The molecule has 0 saturated heterocycles. The lowest BCUT2D eigenvalue weighted by Crippen LogP contribution is -2.51. The van der Waals surface area contributed by atoms with Crippen LogP contribution < -0.4 is 15.8 Å². The van der Waals surface area contributed by atoms with Crippen molar-refractivity contribution < 1.29 is 33.9 Å². The lowest BCUT2D eigenvalue weighted by molar-refractivity contribution is -0.385. The van der Waals surface area contributed by atoms with Gasteiger partial charge in [-0.05, 0) is 30.5 Å². The molecule has 206 valence electrons. The summed E-state index contributed by atoms with van der Waals surface area (Å²) in [4.78, 5) is 56.1. The summed E-state index contributed by atoms with van der Waals surface area (Å²) in [7, 11) is 1.33. The smallest absolute Gasteiger partial charge is 0.310 e. The van der Waals surface area contributed by atoms with Gasteiger partial charge in [-0.3, -0.25) is 29.3 Å². The van der Waals surface area contributed by atoms with E-state index in [1.54, 1.807) is 13.8 Å². The fourth-order valence-electron chi connectivity index (χ4n) is 2.98. The molecule has 2 aromatic carbocycles. The Morgan fingerprint density at radius 3 is 2.26 bits per heavy atom. The minimum Gasteiger partial charge on any atom is -0.490 e. The Balaban J connectivity index is 0.000000437. The molecule has 2 aromatic rings. The lowest BCUT2D eigenvalue weighted by atomic mass is 10.0. The summed E-state index contributed by atoms with van der Waals surface area (Å²) >= 11 is 1.39. The van der Waals surface area contributed by atoms with E-state index in [0.29, 0.717) is 11.3 Å². The molecule has 1 unspecified atom stereocenters. The molecular formula is C26H33N3O8S. The molecule has 1 amide bonds. The van der Waals surface area contributed by atoms with Gasteiger partial charge in [-0.25, -0.2) is 0 Å². The highest BCUT2D eigenvalue weighted by molar-refractivity contribution is 7.99. The van der Waals surface area contributed by atoms with Gasteiger partial charge in [0.05, 0.1) is 36.3 Å². The summed E-state index contributed by atoms with van der Waals surface area (Å²) in [5, 5.41) is 21.9. The molecule has 11 nitrogen and oxygen atoms in total. The number of amides is 1. The molecule has 0 saturated carbocycles. The molecule has 38 heavy (non-hydrogen) atoms. The fourth-order valence-corrected chi connectivity index (χ4v) is 3.92. The number of thioether (sulfide) groups is 1. The molecule has 0 aliphatic carbocycles.